The van der Waals surface area contributed by atoms with Crippen LogP contribution in [0.1, 0.15) is 16.8 Å². The molecule has 2 N–H and O–H groups in total. The highest BCUT2D eigenvalue weighted by Crippen LogP contribution is 2.16. The maximum Gasteiger partial charge on any atom is 0.124 e. The Bertz CT molecular complexity index is 652. The van der Waals surface area contributed by atoms with Crippen molar-refractivity contribution in [1.82, 2.24) is 9.78 Å². The van der Waals surface area contributed by atoms with E-state index in [2.05, 4.69) is 16.9 Å². The molecule has 2 aromatic rings. The van der Waals surface area contributed by atoms with Gasteiger partial charge in [-0.3, -0.25) is 4.68 Å². The maximum atomic E-state index is 13.5. The molecule has 0 saturated heterocycles. The van der Waals surface area contributed by atoms with Crippen molar-refractivity contribution in [3.63, 3.8) is 0 Å². The van der Waals surface area contributed by atoms with Gasteiger partial charge in [-0.1, -0.05) is 23.4 Å². The molecule has 0 bridgehead atoms. The summed E-state index contributed by atoms with van der Waals surface area (Å²) in [4.78, 5) is 0. The minimum absolute atomic E-state index is 0.250. The van der Waals surface area contributed by atoms with Crippen molar-refractivity contribution >= 4 is 11.6 Å². The second-order valence-corrected chi connectivity index (χ2v) is 4.50. The zero-order chi connectivity index (χ0) is 13.8. The predicted octanol–water partition coefficient (Wildman–Crippen LogP) is 2.34. The first-order chi connectivity index (χ1) is 9.10. The van der Waals surface area contributed by atoms with Crippen LogP contribution in [-0.2, 0) is 6.54 Å². The van der Waals surface area contributed by atoms with Crippen LogP contribution in [0.2, 0.25) is 5.02 Å². The normalized spacial score (nSPS) is 10.1. The fraction of sp³-hybridized carbons (Fsp3) is 0.214. The summed E-state index contributed by atoms with van der Waals surface area (Å²) in [7, 11) is 0. The Balaban J connectivity index is 2.30. The lowest BCUT2D eigenvalue weighted by Gasteiger charge is -2.06. The van der Waals surface area contributed by atoms with Gasteiger partial charge in [-0.25, -0.2) is 4.39 Å². The molecular formula is C14H13ClFN3. The standard InChI is InChI=1S/C14H13ClFN3/c1-10-14(15)8-18-19(10)9-12-5-11(3-2-4-17)6-13(16)7-12/h5-8H,4,9,17H2,1H3. The molecule has 0 saturated carbocycles. The van der Waals surface area contributed by atoms with E-state index in [1.165, 1.54) is 12.1 Å². The first-order valence-corrected chi connectivity index (χ1v) is 6.14. The van der Waals surface area contributed by atoms with Crippen LogP contribution in [-0.4, -0.2) is 16.3 Å². The van der Waals surface area contributed by atoms with Crippen molar-refractivity contribution in [2.75, 3.05) is 6.54 Å². The summed E-state index contributed by atoms with van der Waals surface area (Å²) in [6.45, 7) is 2.57. The summed E-state index contributed by atoms with van der Waals surface area (Å²) in [5, 5.41) is 4.74. The zero-order valence-corrected chi connectivity index (χ0v) is 11.2. The van der Waals surface area contributed by atoms with E-state index in [4.69, 9.17) is 17.3 Å². The highest BCUT2D eigenvalue weighted by molar-refractivity contribution is 6.31. The Morgan fingerprint density at radius 3 is 2.84 bits per heavy atom. The van der Waals surface area contributed by atoms with Gasteiger partial charge in [0.15, 0.2) is 0 Å². The van der Waals surface area contributed by atoms with Crippen molar-refractivity contribution in [3.05, 3.63) is 52.1 Å². The van der Waals surface area contributed by atoms with E-state index in [1.807, 2.05) is 13.0 Å². The molecule has 1 aromatic heterocycles. The molecule has 0 radical (unpaired) electrons. The summed E-state index contributed by atoms with van der Waals surface area (Å²) >= 11 is 5.93. The third kappa shape index (κ3) is 3.34. The van der Waals surface area contributed by atoms with Crippen molar-refractivity contribution < 1.29 is 4.39 Å². The summed E-state index contributed by atoms with van der Waals surface area (Å²) < 4.78 is 15.2. The average molecular weight is 278 g/mol. The van der Waals surface area contributed by atoms with Crippen LogP contribution in [0.4, 0.5) is 4.39 Å². The molecule has 0 spiro atoms. The van der Waals surface area contributed by atoms with Crippen molar-refractivity contribution in [2.24, 2.45) is 5.73 Å². The quantitative estimate of drug-likeness (QED) is 0.857. The van der Waals surface area contributed by atoms with E-state index in [0.29, 0.717) is 17.1 Å². The second-order valence-electron chi connectivity index (χ2n) is 4.09. The largest absolute Gasteiger partial charge is 0.320 e. The van der Waals surface area contributed by atoms with Gasteiger partial charge in [0.2, 0.25) is 0 Å². The number of hydrogen-bond acceptors (Lipinski definition) is 2. The summed E-state index contributed by atoms with van der Waals surface area (Å²) in [6, 6.07) is 4.67. The van der Waals surface area contributed by atoms with Crippen molar-refractivity contribution in [1.29, 1.82) is 0 Å². The van der Waals surface area contributed by atoms with Gasteiger partial charge < -0.3 is 5.73 Å². The fourth-order valence-electron chi connectivity index (χ4n) is 1.72. The third-order valence-electron chi connectivity index (χ3n) is 2.67. The number of benzene rings is 1. The number of hydrogen-bond donors (Lipinski definition) is 1. The van der Waals surface area contributed by atoms with Gasteiger partial charge in [0, 0.05) is 5.56 Å². The number of nitrogens with two attached hydrogens (primary N) is 1. The lowest BCUT2D eigenvalue weighted by molar-refractivity contribution is 0.616. The lowest BCUT2D eigenvalue weighted by Crippen LogP contribution is -2.04. The van der Waals surface area contributed by atoms with Crippen LogP contribution in [0.5, 0.6) is 0 Å². The zero-order valence-electron chi connectivity index (χ0n) is 10.5. The molecule has 0 aliphatic heterocycles. The van der Waals surface area contributed by atoms with Gasteiger partial charge in [-0.15, -0.1) is 0 Å². The van der Waals surface area contributed by atoms with E-state index in [0.717, 1.165) is 11.3 Å². The van der Waals surface area contributed by atoms with Crippen LogP contribution in [0.15, 0.2) is 24.4 Å². The summed E-state index contributed by atoms with van der Waals surface area (Å²) in [6.07, 6.45) is 1.57. The highest BCUT2D eigenvalue weighted by Gasteiger charge is 2.06. The number of aromatic nitrogens is 2. The molecule has 5 heteroatoms. The van der Waals surface area contributed by atoms with Crippen LogP contribution < -0.4 is 5.73 Å². The first-order valence-electron chi connectivity index (χ1n) is 5.76. The molecule has 3 nitrogen and oxygen atoms in total. The van der Waals surface area contributed by atoms with Gasteiger partial charge >= 0.3 is 0 Å². The Kier molecular flexibility index (Phi) is 4.20. The van der Waals surface area contributed by atoms with Gasteiger partial charge in [-0.2, -0.15) is 5.10 Å². The molecule has 0 amide bonds. The summed E-state index contributed by atoms with van der Waals surface area (Å²) in [5.41, 5.74) is 7.54. The average Bonchev–Trinajstić information content (AvgIpc) is 2.68. The molecule has 0 fully saturated rings. The Labute approximate surface area is 116 Å². The topological polar surface area (TPSA) is 43.8 Å². The first kappa shape index (κ1) is 13.6. The van der Waals surface area contributed by atoms with Crippen molar-refractivity contribution in [3.8, 4) is 11.8 Å². The van der Waals surface area contributed by atoms with Gasteiger partial charge in [0.1, 0.15) is 5.82 Å². The molecule has 0 atom stereocenters. The molecule has 19 heavy (non-hydrogen) atoms. The summed E-state index contributed by atoms with van der Waals surface area (Å²) in [5.74, 6) is 5.20. The Morgan fingerprint density at radius 2 is 2.21 bits per heavy atom. The molecule has 1 heterocycles. The number of nitrogens with zero attached hydrogens (tertiary/aromatic N) is 2. The van der Waals surface area contributed by atoms with E-state index < -0.39 is 0 Å². The minimum atomic E-state index is -0.324. The molecule has 98 valence electrons. The molecule has 0 unspecified atom stereocenters. The van der Waals surface area contributed by atoms with E-state index in [-0.39, 0.29) is 12.4 Å². The van der Waals surface area contributed by atoms with Gasteiger partial charge in [0.25, 0.3) is 0 Å². The van der Waals surface area contributed by atoms with E-state index in [9.17, 15) is 4.39 Å². The number of rotatable bonds is 2. The predicted molar refractivity (Wildman–Crippen MR) is 73.4 cm³/mol. The Morgan fingerprint density at radius 1 is 1.42 bits per heavy atom. The number of halogens is 2. The second kappa shape index (κ2) is 5.87. The van der Waals surface area contributed by atoms with E-state index >= 15 is 0 Å². The van der Waals surface area contributed by atoms with Crippen LogP contribution in [0.3, 0.4) is 0 Å². The molecular weight excluding hydrogens is 265 g/mol. The van der Waals surface area contributed by atoms with E-state index in [1.54, 1.807) is 10.9 Å². The monoisotopic (exact) mass is 277 g/mol. The SMILES string of the molecule is Cc1c(Cl)cnn1Cc1cc(F)cc(C#CCN)c1. The van der Waals surface area contributed by atoms with Gasteiger partial charge in [-0.05, 0) is 30.7 Å². The van der Waals surface area contributed by atoms with Crippen LogP contribution in [0, 0.1) is 24.6 Å². The lowest BCUT2D eigenvalue weighted by atomic mass is 10.1. The molecule has 2 rings (SSSR count). The van der Waals surface area contributed by atoms with Gasteiger partial charge in [0.05, 0.1) is 30.0 Å². The fourth-order valence-corrected chi connectivity index (χ4v) is 1.86. The van der Waals surface area contributed by atoms with Crippen LogP contribution in [0.25, 0.3) is 0 Å². The highest BCUT2D eigenvalue weighted by atomic mass is 35.5. The molecule has 0 aliphatic rings. The van der Waals surface area contributed by atoms with Crippen LogP contribution >= 0.6 is 11.6 Å². The smallest absolute Gasteiger partial charge is 0.124 e. The molecule has 0 aliphatic carbocycles. The minimum Gasteiger partial charge on any atom is -0.320 e. The molecule has 1 aromatic carbocycles. The van der Waals surface area contributed by atoms with Crippen molar-refractivity contribution in [2.45, 2.75) is 13.5 Å². The Hall–Kier alpha value is -1.83. The third-order valence-corrected chi connectivity index (χ3v) is 3.04. The maximum absolute atomic E-state index is 13.5.